The Morgan fingerprint density at radius 1 is 1.00 bits per heavy atom. The number of aliphatic carboxylic acids is 1. The Kier molecular flexibility index (Phi) is 8.90. The smallest absolute Gasteiger partial charge is 0.430 e. The number of anilines is 1. The van der Waals surface area contributed by atoms with Crippen LogP contribution in [0, 0.1) is 0 Å². The number of fused-ring (bicyclic) bond motifs is 1. The van der Waals surface area contributed by atoms with Gasteiger partial charge in [0.05, 0.1) is 0 Å². The van der Waals surface area contributed by atoms with Crippen LogP contribution in [0.2, 0.25) is 0 Å². The molecule has 14 heteroatoms. The molecule has 0 aliphatic carbocycles. The summed E-state index contributed by atoms with van der Waals surface area (Å²) in [6.45, 7) is 0.137. The van der Waals surface area contributed by atoms with E-state index in [1.165, 1.54) is 16.7 Å². The van der Waals surface area contributed by atoms with Crippen molar-refractivity contribution in [2.24, 2.45) is 0 Å². The van der Waals surface area contributed by atoms with Crippen LogP contribution in [0.15, 0.2) is 47.4 Å². The summed E-state index contributed by atoms with van der Waals surface area (Å²) in [6, 6.07) is 6.48. The maximum absolute atomic E-state index is 13.4. The highest BCUT2D eigenvalue weighted by atomic mass is 32.2. The number of hydrogen-bond donors (Lipinski definition) is 3. The summed E-state index contributed by atoms with van der Waals surface area (Å²) < 4.78 is 79.0. The van der Waals surface area contributed by atoms with E-state index in [1.54, 1.807) is 12.1 Å². The van der Waals surface area contributed by atoms with E-state index in [-0.39, 0.29) is 31.5 Å². The summed E-state index contributed by atoms with van der Waals surface area (Å²) in [4.78, 5) is 39.3. The topological polar surface area (TPSA) is 107 Å². The van der Waals surface area contributed by atoms with E-state index in [9.17, 15) is 45.8 Å². The van der Waals surface area contributed by atoms with Crippen LogP contribution in [0.1, 0.15) is 42.0 Å². The molecule has 1 heterocycles. The fraction of sp³-hybridized carbons (Fsp3) is 0.400. The van der Waals surface area contributed by atoms with Crippen molar-refractivity contribution in [2.45, 2.75) is 54.6 Å². The predicted octanol–water partition coefficient (Wildman–Crippen LogP) is 5.04. The van der Waals surface area contributed by atoms with Crippen LogP contribution in [0.25, 0.3) is 0 Å². The zero-order chi connectivity index (χ0) is 29.2. The monoisotopic (exact) mass is 578 g/mol. The van der Waals surface area contributed by atoms with Crippen molar-refractivity contribution in [3.05, 3.63) is 59.2 Å². The first kappa shape index (κ1) is 30.3. The van der Waals surface area contributed by atoms with E-state index in [4.69, 9.17) is 5.11 Å². The van der Waals surface area contributed by atoms with Crippen LogP contribution < -0.4 is 5.32 Å². The minimum Gasteiger partial charge on any atom is -0.481 e. The second kappa shape index (κ2) is 11.5. The van der Waals surface area contributed by atoms with Gasteiger partial charge >= 0.3 is 18.3 Å². The number of halogens is 6. The number of thioether (sulfide) groups is 1. The standard InChI is InChI=1S/C25H24F6N2O5S/c1-39-17-9-10-18-14(13-17)11-12-33(19(34)3-2-4-20(35)36)21(18)22(37)32-16-7-5-15(6-8-16)23(38,24(26,27)28)25(29,30)31/h5-10,13,21,38H,2-4,11-12H2,1H3,(H,32,37)(H,35,36). The lowest BCUT2D eigenvalue weighted by Gasteiger charge is -2.37. The molecule has 3 N–H and O–H groups in total. The number of carbonyl (C=O) groups excluding carboxylic acids is 2. The quantitative estimate of drug-likeness (QED) is 0.300. The summed E-state index contributed by atoms with van der Waals surface area (Å²) >= 11 is 1.46. The van der Waals surface area contributed by atoms with Crippen LogP contribution in [0.4, 0.5) is 32.0 Å². The first-order chi connectivity index (χ1) is 18.1. The van der Waals surface area contributed by atoms with Crippen LogP contribution >= 0.6 is 11.8 Å². The summed E-state index contributed by atoms with van der Waals surface area (Å²) in [5.74, 6) is -2.34. The van der Waals surface area contributed by atoms with Gasteiger partial charge in [-0.2, -0.15) is 26.3 Å². The third kappa shape index (κ3) is 6.32. The number of carboxylic acids is 1. The minimum atomic E-state index is -6.06. The van der Waals surface area contributed by atoms with Crippen LogP contribution in [0.3, 0.4) is 0 Å². The molecular weight excluding hydrogens is 554 g/mol. The van der Waals surface area contributed by atoms with Crippen molar-refractivity contribution in [1.29, 1.82) is 0 Å². The van der Waals surface area contributed by atoms with Crippen LogP contribution in [-0.4, -0.2) is 58.0 Å². The lowest BCUT2D eigenvalue weighted by molar-refractivity contribution is -0.376. The van der Waals surface area contributed by atoms with Crippen molar-refractivity contribution in [1.82, 2.24) is 4.90 Å². The number of benzene rings is 2. The molecular formula is C25H24F6N2O5S. The number of amides is 2. The van der Waals surface area contributed by atoms with Gasteiger partial charge in [0.1, 0.15) is 6.04 Å². The molecule has 7 nitrogen and oxygen atoms in total. The molecule has 0 saturated carbocycles. The third-order valence-electron chi connectivity index (χ3n) is 6.32. The fourth-order valence-electron chi connectivity index (χ4n) is 4.31. The molecule has 0 spiro atoms. The first-order valence-electron chi connectivity index (χ1n) is 11.6. The maximum Gasteiger partial charge on any atom is 0.430 e. The highest BCUT2D eigenvalue weighted by molar-refractivity contribution is 7.98. The lowest BCUT2D eigenvalue weighted by Crippen LogP contribution is -2.53. The predicted molar refractivity (Wildman–Crippen MR) is 129 cm³/mol. The second-order valence-corrected chi connectivity index (χ2v) is 9.70. The third-order valence-corrected chi connectivity index (χ3v) is 7.04. The number of nitrogens with zero attached hydrogens (tertiary/aromatic N) is 1. The van der Waals surface area contributed by atoms with Gasteiger partial charge in [0.15, 0.2) is 0 Å². The van der Waals surface area contributed by atoms with Gasteiger partial charge in [0, 0.05) is 35.5 Å². The normalized spacial score (nSPS) is 16.0. The zero-order valence-electron chi connectivity index (χ0n) is 20.4. The Morgan fingerprint density at radius 2 is 1.62 bits per heavy atom. The average molecular weight is 579 g/mol. The molecule has 1 aliphatic heterocycles. The molecule has 1 atom stereocenters. The molecule has 39 heavy (non-hydrogen) atoms. The van der Waals surface area contributed by atoms with Gasteiger partial charge in [0.2, 0.25) is 5.91 Å². The summed E-state index contributed by atoms with van der Waals surface area (Å²) in [5, 5.41) is 20.8. The molecule has 212 valence electrons. The molecule has 0 aromatic heterocycles. The van der Waals surface area contributed by atoms with Gasteiger partial charge in [0.25, 0.3) is 11.5 Å². The fourth-order valence-corrected chi connectivity index (χ4v) is 4.77. The number of nitrogens with one attached hydrogen (secondary N) is 1. The number of carbonyl (C=O) groups is 3. The van der Waals surface area contributed by atoms with Crippen molar-refractivity contribution in [3.8, 4) is 0 Å². The molecule has 0 saturated heterocycles. The zero-order valence-corrected chi connectivity index (χ0v) is 21.2. The largest absolute Gasteiger partial charge is 0.481 e. The van der Waals surface area contributed by atoms with E-state index >= 15 is 0 Å². The number of hydrogen-bond acceptors (Lipinski definition) is 5. The molecule has 2 aromatic carbocycles. The Hall–Kier alpha value is -3.26. The van der Waals surface area contributed by atoms with Gasteiger partial charge in [-0.15, -0.1) is 11.8 Å². The maximum atomic E-state index is 13.4. The Labute approximate surface area is 223 Å². The van der Waals surface area contributed by atoms with Gasteiger partial charge in [-0.1, -0.05) is 18.2 Å². The van der Waals surface area contributed by atoms with Gasteiger partial charge in [-0.05, 0) is 54.5 Å². The molecule has 2 amide bonds. The number of rotatable bonds is 8. The number of aliphatic hydroxyl groups is 1. The molecule has 2 aromatic rings. The Bertz CT molecular complexity index is 1220. The van der Waals surface area contributed by atoms with Crippen molar-refractivity contribution < 1.29 is 50.9 Å². The van der Waals surface area contributed by atoms with Gasteiger partial charge in [-0.25, -0.2) is 0 Å². The van der Waals surface area contributed by atoms with Crippen molar-refractivity contribution in [2.75, 3.05) is 18.1 Å². The lowest BCUT2D eigenvalue weighted by atomic mass is 9.91. The van der Waals surface area contributed by atoms with Crippen LogP contribution in [0.5, 0.6) is 0 Å². The molecule has 0 bridgehead atoms. The Balaban J connectivity index is 1.91. The number of carboxylic acid groups (broad SMARTS) is 1. The highest BCUT2D eigenvalue weighted by Gasteiger charge is 2.71. The Morgan fingerprint density at radius 3 is 2.15 bits per heavy atom. The van der Waals surface area contributed by atoms with E-state index in [0.29, 0.717) is 24.1 Å². The molecule has 1 unspecified atom stereocenters. The second-order valence-electron chi connectivity index (χ2n) is 8.82. The summed E-state index contributed by atoms with van der Waals surface area (Å²) in [5.41, 5.74) is -5.49. The SMILES string of the molecule is CSc1ccc2c(c1)CCN(C(=O)CCCC(=O)O)C2C(=O)Nc1ccc(C(O)(C(F)(F)F)C(F)(F)F)cc1. The van der Waals surface area contributed by atoms with E-state index in [2.05, 4.69) is 5.32 Å². The van der Waals surface area contributed by atoms with E-state index < -0.39 is 47.3 Å². The summed E-state index contributed by atoms with van der Waals surface area (Å²) in [7, 11) is 0. The van der Waals surface area contributed by atoms with Crippen molar-refractivity contribution in [3.63, 3.8) is 0 Å². The number of alkyl halides is 6. The van der Waals surface area contributed by atoms with Crippen molar-refractivity contribution >= 4 is 35.2 Å². The van der Waals surface area contributed by atoms with Crippen LogP contribution in [-0.2, 0) is 26.4 Å². The van der Waals surface area contributed by atoms with E-state index in [0.717, 1.165) is 22.6 Å². The minimum absolute atomic E-state index is 0.0417. The molecule has 0 fully saturated rings. The van der Waals surface area contributed by atoms with E-state index in [1.807, 2.05) is 12.3 Å². The summed E-state index contributed by atoms with van der Waals surface area (Å²) in [6.07, 6.45) is -10.2. The van der Waals surface area contributed by atoms with Gasteiger partial charge in [-0.3, -0.25) is 14.4 Å². The molecule has 0 radical (unpaired) electrons. The first-order valence-corrected chi connectivity index (χ1v) is 12.8. The highest BCUT2D eigenvalue weighted by Crippen LogP contribution is 2.50. The average Bonchev–Trinajstić information content (AvgIpc) is 2.85. The molecule has 3 rings (SSSR count). The molecule has 1 aliphatic rings. The van der Waals surface area contributed by atoms with Gasteiger partial charge < -0.3 is 20.4 Å².